The largest absolute Gasteiger partial charge is 0.494 e. The molecular formula is C16H23O. The van der Waals surface area contributed by atoms with Crippen molar-refractivity contribution in [2.24, 2.45) is 0 Å². The van der Waals surface area contributed by atoms with Crippen LogP contribution >= 0.6 is 0 Å². The summed E-state index contributed by atoms with van der Waals surface area (Å²) in [4.78, 5) is 0. The van der Waals surface area contributed by atoms with Gasteiger partial charge in [-0.3, -0.25) is 0 Å². The van der Waals surface area contributed by atoms with Crippen LogP contribution in [-0.2, 0) is 0 Å². The summed E-state index contributed by atoms with van der Waals surface area (Å²) < 4.78 is 5.83. The van der Waals surface area contributed by atoms with Crippen molar-refractivity contribution in [3.63, 3.8) is 0 Å². The Morgan fingerprint density at radius 2 is 2.12 bits per heavy atom. The highest BCUT2D eigenvalue weighted by Gasteiger charge is 2.24. The molecule has 1 fully saturated rings. The SMILES string of the molecule is [CH2]C(C)c1cc(OCCCC)cc(C2CC2)c1. The molecule has 1 saturated carbocycles. The second-order valence-electron chi connectivity index (χ2n) is 5.21. The van der Waals surface area contributed by atoms with Crippen molar-refractivity contribution < 1.29 is 4.74 Å². The van der Waals surface area contributed by atoms with E-state index in [1.165, 1.54) is 30.4 Å². The van der Waals surface area contributed by atoms with Crippen LogP contribution in [-0.4, -0.2) is 6.61 Å². The predicted octanol–water partition coefficient (Wildman–Crippen LogP) is 4.68. The van der Waals surface area contributed by atoms with Crippen molar-refractivity contribution in [3.05, 3.63) is 36.2 Å². The summed E-state index contributed by atoms with van der Waals surface area (Å²) in [6.07, 6.45) is 4.98. The van der Waals surface area contributed by atoms with Crippen molar-refractivity contribution in [1.82, 2.24) is 0 Å². The molecule has 1 aromatic carbocycles. The first-order valence-corrected chi connectivity index (χ1v) is 6.81. The van der Waals surface area contributed by atoms with Gasteiger partial charge in [0.1, 0.15) is 5.75 Å². The average molecular weight is 231 g/mol. The van der Waals surface area contributed by atoms with Crippen molar-refractivity contribution in [1.29, 1.82) is 0 Å². The van der Waals surface area contributed by atoms with Crippen molar-refractivity contribution in [2.45, 2.75) is 51.4 Å². The van der Waals surface area contributed by atoms with Gasteiger partial charge < -0.3 is 4.74 Å². The average Bonchev–Trinajstić information content (AvgIpc) is 3.13. The Morgan fingerprint density at radius 3 is 2.71 bits per heavy atom. The molecule has 0 N–H and O–H groups in total. The van der Waals surface area contributed by atoms with Gasteiger partial charge in [-0.15, -0.1) is 0 Å². The third-order valence-electron chi connectivity index (χ3n) is 3.34. The smallest absolute Gasteiger partial charge is 0.119 e. The minimum Gasteiger partial charge on any atom is -0.494 e. The maximum Gasteiger partial charge on any atom is 0.119 e. The molecule has 17 heavy (non-hydrogen) atoms. The lowest BCUT2D eigenvalue weighted by Crippen LogP contribution is -1.99. The summed E-state index contributed by atoms with van der Waals surface area (Å²) in [7, 11) is 0. The molecule has 1 nitrogen and oxygen atoms in total. The van der Waals surface area contributed by atoms with Crippen LogP contribution in [0.2, 0.25) is 0 Å². The second-order valence-corrected chi connectivity index (χ2v) is 5.21. The molecule has 93 valence electrons. The molecule has 1 aliphatic rings. The standard InChI is InChI=1S/C16H23O/c1-4-5-8-17-16-10-14(12(2)3)9-15(11-16)13-6-7-13/h9-13H,2,4-8H2,1,3H3. The Bertz CT molecular complexity index is 344. The van der Waals surface area contributed by atoms with Crippen LogP contribution in [0.1, 0.15) is 62.5 Å². The fraction of sp³-hybridized carbons (Fsp3) is 0.562. The van der Waals surface area contributed by atoms with Gasteiger partial charge in [0.25, 0.3) is 0 Å². The summed E-state index contributed by atoms with van der Waals surface area (Å²) in [6, 6.07) is 6.68. The zero-order valence-corrected chi connectivity index (χ0v) is 11.0. The number of hydrogen-bond acceptors (Lipinski definition) is 1. The van der Waals surface area contributed by atoms with Crippen LogP contribution in [0.25, 0.3) is 0 Å². The van der Waals surface area contributed by atoms with E-state index in [1.54, 1.807) is 0 Å². The van der Waals surface area contributed by atoms with Gasteiger partial charge in [0.15, 0.2) is 0 Å². The number of benzene rings is 1. The minimum atomic E-state index is 0.335. The zero-order valence-electron chi connectivity index (χ0n) is 11.0. The van der Waals surface area contributed by atoms with Crippen molar-refractivity contribution in [2.75, 3.05) is 6.61 Å². The molecular weight excluding hydrogens is 208 g/mol. The van der Waals surface area contributed by atoms with Crippen LogP contribution in [0.5, 0.6) is 5.75 Å². The Morgan fingerprint density at radius 1 is 1.35 bits per heavy atom. The van der Waals surface area contributed by atoms with E-state index < -0.39 is 0 Å². The molecule has 0 spiro atoms. The third-order valence-corrected chi connectivity index (χ3v) is 3.34. The molecule has 1 unspecified atom stereocenters. The number of rotatable bonds is 6. The van der Waals surface area contributed by atoms with E-state index in [0.717, 1.165) is 24.7 Å². The molecule has 0 saturated heterocycles. The predicted molar refractivity (Wildman–Crippen MR) is 72.6 cm³/mol. The molecule has 0 amide bonds. The normalized spacial score (nSPS) is 15.3. The first kappa shape index (κ1) is 12.5. The van der Waals surface area contributed by atoms with Gasteiger partial charge in [-0.1, -0.05) is 26.3 Å². The van der Waals surface area contributed by atoms with E-state index in [1.807, 2.05) is 0 Å². The molecule has 1 aliphatic carbocycles. The van der Waals surface area contributed by atoms with E-state index in [9.17, 15) is 0 Å². The minimum absolute atomic E-state index is 0.335. The highest BCUT2D eigenvalue weighted by molar-refractivity contribution is 5.39. The highest BCUT2D eigenvalue weighted by Crippen LogP contribution is 2.42. The van der Waals surface area contributed by atoms with Gasteiger partial charge in [-0.2, -0.15) is 0 Å². The maximum absolute atomic E-state index is 5.83. The quantitative estimate of drug-likeness (QED) is 0.646. The fourth-order valence-electron chi connectivity index (χ4n) is 2.00. The highest BCUT2D eigenvalue weighted by atomic mass is 16.5. The van der Waals surface area contributed by atoms with E-state index in [0.29, 0.717) is 5.92 Å². The van der Waals surface area contributed by atoms with Crippen LogP contribution in [0.3, 0.4) is 0 Å². The second kappa shape index (κ2) is 5.57. The molecule has 0 heterocycles. The Hall–Kier alpha value is -0.980. The van der Waals surface area contributed by atoms with Crippen LogP contribution in [0, 0.1) is 6.92 Å². The molecule has 0 aromatic heterocycles. The summed E-state index contributed by atoms with van der Waals surface area (Å²) in [5.41, 5.74) is 2.75. The lowest BCUT2D eigenvalue weighted by atomic mass is 9.98. The maximum atomic E-state index is 5.83. The summed E-state index contributed by atoms with van der Waals surface area (Å²) in [5.74, 6) is 2.15. The van der Waals surface area contributed by atoms with Gasteiger partial charge in [-0.25, -0.2) is 0 Å². The van der Waals surface area contributed by atoms with E-state index in [4.69, 9.17) is 4.74 Å². The molecule has 1 aromatic rings. The first-order chi connectivity index (χ1) is 8.20. The van der Waals surface area contributed by atoms with Crippen molar-refractivity contribution in [3.8, 4) is 5.75 Å². The zero-order chi connectivity index (χ0) is 12.3. The molecule has 2 rings (SSSR count). The lowest BCUT2D eigenvalue weighted by Gasteiger charge is -2.12. The lowest BCUT2D eigenvalue weighted by molar-refractivity contribution is 0.308. The summed E-state index contributed by atoms with van der Waals surface area (Å²) >= 11 is 0. The monoisotopic (exact) mass is 231 g/mol. The molecule has 0 bridgehead atoms. The van der Waals surface area contributed by atoms with Crippen LogP contribution < -0.4 is 4.74 Å². The Kier molecular flexibility index (Phi) is 4.09. The third kappa shape index (κ3) is 3.49. The van der Waals surface area contributed by atoms with Crippen LogP contribution in [0.15, 0.2) is 18.2 Å². The number of hydrogen-bond donors (Lipinski definition) is 0. The topological polar surface area (TPSA) is 9.23 Å². The number of unbranched alkanes of at least 4 members (excludes halogenated alkanes) is 1. The van der Waals surface area contributed by atoms with Crippen molar-refractivity contribution >= 4 is 0 Å². The molecule has 1 heteroatoms. The van der Waals surface area contributed by atoms with Gasteiger partial charge in [-0.05, 0) is 61.3 Å². The summed E-state index contributed by atoms with van der Waals surface area (Å²) in [5, 5.41) is 0. The molecule has 1 radical (unpaired) electrons. The molecule has 0 aliphatic heterocycles. The van der Waals surface area contributed by atoms with E-state index in [2.05, 4.69) is 39.0 Å². The number of ether oxygens (including phenoxy) is 1. The van der Waals surface area contributed by atoms with Gasteiger partial charge in [0, 0.05) is 0 Å². The van der Waals surface area contributed by atoms with E-state index >= 15 is 0 Å². The van der Waals surface area contributed by atoms with E-state index in [-0.39, 0.29) is 0 Å². The first-order valence-electron chi connectivity index (χ1n) is 6.81. The van der Waals surface area contributed by atoms with Gasteiger partial charge >= 0.3 is 0 Å². The van der Waals surface area contributed by atoms with Gasteiger partial charge in [0.05, 0.1) is 6.61 Å². The fourth-order valence-corrected chi connectivity index (χ4v) is 2.00. The molecule has 1 atom stereocenters. The Balaban J connectivity index is 2.12. The van der Waals surface area contributed by atoms with Crippen LogP contribution in [0.4, 0.5) is 0 Å². The summed E-state index contributed by atoms with van der Waals surface area (Å²) in [6.45, 7) is 9.27. The van der Waals surface area contributed by atoms with Gasteiger partial charge in [0.2, 0.25) is 0 Å². The Labute approximate surface area is 105 Å².